The number of ether oxygens (including phenoxy) is 2. The van der Waals surface area contributed by atoms with Gasteiger partial charge in [0.25, 0.3) is 0 Å². The summed E-state index contributed by atoms with van der Waals surface area (Å²) < 4.78 is 12.8. The molecule has 0 unspecified atom stereocenters. The van der Waals surface area contributed by atoms with E-state index >= 15 is 0 Å². The van der Waals surface area contributed by atoms with Crippen molar-refractivity contribution in [2.75, 3.05) is 14.2 Å². The first-order chi connectivity index (χ1) is 14.5. The topological polar surface area (TPSA) is 73.6 Å². The SMILES string of the molecule is COc1ccc(-c2nc3cc(C(=O)O)ccc3n2Cc2ccc(Cl)cc2)cc1OC. The smallest absolute Gasteiger partial charge is 0.335 e. The second-order valence-corrected chi connectivity index (χ2v) is 7.16. The van der Waals surface area contributed by atoms with Crippen molar-refractivity contribution in [3.05, 3.63) is 76.8 Å². The number of hydrogen-bond donors (Lipinski definition) is 1. The molecule has 152 valence electrons. The number of aromatic carboxylic acids is 1. The molecule has 7 heteroatoms. The maximum atomic E-state index is 11.4. The molecule has 6 nitrogen and oxygen atoms in total. The maximum absolute atomic E-state index is 11.4. The van der Waals surface area contributed by atoms with E-state index in [0.717, 1.165) is 16.6 Å². The fraction of sp³-hybridized carbons (Fsp3) is 0.130. The van der Waals surface area contributed by atoms with Crippen LogP contribution in [0.4, 0.5) is 0 Å². The van der Waals surface area contributed by atoms with Crippen LogP contribution in [-0.2, 0) is 6.54 Å². The van der Waals surface area contributed by atoms with E-state index in [4.69, 9.17) is 26.1 Å². The zero-order chi connectivity index (χ0) is 21.3. The van der Waals surface area contributed by atoms with E-state index in [1.54, 1.807) is 32.4 Å². The Morgan fingerprint density at radius 2 is 1.73 bits per heavy atom. The zero-order valence-corrected chi connectivity index (χ0v) is 17.2. The molecule has 1 N–H and O–H groups in total. The lowest BCUT2D eigenvalue weighted by molar-refractivity contribution is 0.0697. The summed E-state index contributed by atoms with van der Waals surface area (Å²) in [5.74, 6) is 0.918. The summed E-state index contributed by atoms with van der Waals surface area (Å²) in [5.41, 5.74) is 3.50. The molecule has 0 bridgehead atoms. The van der Waals surface area contributed by atoms with Crippen LogP contribution in [0.25, 0.3) is 22.4 Å². The number of carbonyl (C=O) groups is 1. The number of halogens is 1. The molecule has 0 aliphatic carbocycles. The van der Waals surface area contributed by atoms with Gasteiger partial charge in [-0.1, -0.05) is 23.7 Å². The zero-order valence-electron chi connectivity index (χ0n) is 16.4. The van der Waals surface area contributed by atoms with Gasteiger partial charge in [0.2, 0.25) is 0 Å². The minimum atomic E-state index is -0.989. The number of fused-ring (bicyclic) bond motifs is 1. The molecular weight excluding hydrogens is 404 g/mol. The van der Waals surface area contributed by atoms with Gasteiger partial charge in [-0.25, -0.2) is 9.78 Å². The number of methoxy groups -OCH3 is 2. The minimum Gasteiger partial charge on any atom is -0.493 e. The van der Waals surface area contributed by atoms with E-state index in [2.05, 4.69) is 0 Å². The number of carboxylic acid groups (broad SMARTS) is 1. The third-order valence-electron chi connectivity index (χ3n) is 4.89. The molecule has 0 fully saturated rings. The normalized spacial score (nSPS) is 10.9. The lowest BCUT2D eigenvalue weighted by Crippen LogP contribution is -2.03. The van der Waals surface area contributed by atoms with Gasteiger partial charge in [0.1, 0.15) is 5.82 Å². The molecule has 30 heavy (non-hydrogen) atoms. The fourth-order valence-electron chi connectivity index (χ4n) is 3.39. The van der Waals surface area contributed by atoms with Gasteiger partial charge in [-0.3, -0.25) is 0 Å². The average molecular weight is 423 g/mol. The Kier molecular flexibility index (Phi) is 5.33. The second-order valence-electron chi connectivity index (χ2n) is 6.73. The predicted molar refractivity (Wildman–Crippen MR) is 116 cm³/mol. The van der Waals surface area contributed by atoms with Crippen LogP contribution in [-0.4, -0.2) is 34.8 Å². The Morgan fingerprint density at radius 3 is 2.40 bits per heavy atom. The highest BCUT2D eigenvalue weighted by Gasteiger charge is 2.17. The summed E-state index contributed by atoms with van der Waals surface area (Å²) in [4.78, 5) is 16.2. The Morgan fingerprint density at radius 1 is 1.00 bits per heavy atom. The fourth-order valence-corrected chi connectivity index (χ4v) is 3.52. The Bertz CT molecular complexity index is 1230. The molecule has 0 radical (unpaired) electrons. The van der Waals surface area contributed by atoms with Crippen molar-refractivity contribution in [2.24, 2.45) is 0 Å². The number of carboxylic acids is 1. The van der Waals surface area contributed by atoms with E-state index in [9.17, 15) is 9.90 Å². The van der Waals surface area contributed by atoms with E-state index < -0.39 is 5.97 Å². The van der Waals surface area contributed by atoms with Crippen molar-refractivity contribution in [1.29, 1.82) is 0 Å². The van der Waals surface area contributed by atoms with Crippen LogP contribution in [0, 0.1) is 0 Å². The lowest BCUT2D eigenvalue weighted by Gasteiger charge is -2.12. The Hall–Kier alpha value is -3.51. The first-order valence-electron chi connectivity index (χ1n) is 9.20. The molecule has 1 aromatic heterocycles. The molecule has 0 saturated carbocycles. The number of nitrogens with zero attached hydrogens (tertiary/aromatic N) is 2. The number of hydrogen-bond acceptors (Lipinski definition) is 4. The molecule has 0 aliphatic rings. The minimum absolute atomic E-state index is 0.192. The summed E-state index contributed by atoms with van der Waals surface area (Å²) in [7, 11) is 3.16. The van der Waals surface area contributed by atoms with Crippen molar-refractivity contribution in [3.8, 4) is 22.9 Å². The van der Waals surface area contributed by atoms with Crippen molar-refractivity contribution in [2.45, 2.75) is 6.54 Å². The predicted octanol–water partition coefficient (Wildman–Crippen LogP) is 5.12. The molecule has 0 spiro atoms. The summed E-state index contributed by atoms with van der Waals surface area (Å²) >= 11 is 6.02. The quantitative estimate of drug-likeness (QED) is 0.466. The van der Waals surface area contributed by atoms with Crippen LogP contribution in [0.15, 0.2) is 60.7 Å². The Balaban J connectivity index is 1.90. The summed E-state index contributed by atoms with van der Waals surface area (Å²) in [6.07, 6.45) is 0. The van der Waals surface area contributed by atoms with E-state index in [-0.39, 0.29) is 5.56 Å². The Labute approximate surface area is 178 Å². The van der Waals surface area contributed by atoms with Gasteiger partial charge in [-0.2, -0.15) is 0 Å². The van der Waals surface area contributed by atoms with E-state index in [1.165, 1.54) is 0 Å². The third kappa shape index (κ3) is 3.69. The number of aromatic nitrogens is 2. The molecule has 0 atom stereocenters. The average Bonchev–Trinajstić information content (AvgIpc) is 3.12. The lowest BCUT2D eigenvalue weighted by atomic mass is 10.1. The maximum Gasteiger partial charge on any atom is 0.335 e. The molecule has 0 aliphatic heterocycles. The van der Waals surface area contributed by atoms with Gasteiger partial charge in [0, 0.05) is 17.1 Å². The first kappa shape index (κ1) is 19.8. The van der Waals surface area contributed by atoms with Crippen LogP contribution >= 0.6 is 11.6 Å². The van der Waals surface area contributed by atoms with Crippen LogP contribution in [0.3, 0.4) is 0 Å². The van der Waals surface area contributed by atoms with E-state index in [1.807, 2.05) is 47.0 Å². The second kappa shape index (κ2) is 8.08. The third-order valence-corrected chi connectivity index (χ3v) is 5.14. The van der Waals surface area contributed by atoms with Gasteiger partial charge in [0.15, 0.2) is 11.5 Å². The molecule has 3 aromatic carbocycles. The monoisotopic (exact) mass is 422 g/mol. The molecule has 4 rings (SSSR count). The molecular formula is C23H19ClN2O4. The summed E-state index contributed by atoms with van der Waals surface area (Å²) in [5, 5.41) is 10.0. The van der Waals surface area contributed by atoms with Crippen molar-refractivity contribution >= 4 is 28.6 Å². The number of rotatable bonds is 6. The first-order valence-corrected chi connectivity index (χ1v) is 9.58. The number of benzene rings is 3. The summed E-state index contributed by atoms with van der Waals surface area (Å²) in [6, 6.07) is 18.1. The van der Waals surface area contributed by atoms with Crippen LogP contribution in [0.1, 0.15) is 15.9 Å². The van der Waals surface area contributed by atoms with Crippen LogP contribution in [0.5, 0.6) is 11.5 Å². The van der Waals surface area contributed by atoms with Gasteiger partial charge >= 0.3 is 5.97 Å². The summed E-state index contributed by atoms with van der Waals surface area (Å²) in [6.45, 7) is 0.545. The molecule has 4 aromatic rings. The molecule has 0 amide bonds. The van der Waals surface area contributed by atoms with Gasteiger partial charge in [-0.15, -0.1) is 0 Å². The van der Waals surface area contributed by atoms with Gasteiger partial charge in [-0.05, 0) is 54.1 Å². The van der Waals surface area contributed by atoms with Crippen molar-refractivity contribution in [1.82, 2.24) is 9.55 Å². The van der Waals surface area contributed by atoms with Crippen LogP contribution < -0.4 is 9.47 Å². The van der Waals surface area contributed by atoms with Crippen LogP contribution in [0.2, 0.25) is 5.02 Å². The highest BCUT2D eigenvalue weighted by Crippen LogP contribution is 2.34. The molecule has 1 heterocycles. The largest absolute Gasteiger partial charge is 0.493 e. The van der Waals surface area contributed by atoms with E-state index in [0.29, 0.717) is 34.4 Å². The van der Waals surface area contributed by atoms with Gasteiger partial charge < -0.3 is 19.1 Å². The standard InChI is InChI=1S/C23H19ClN2O4/c1-29-20-10-6-15(12-21(20)30-2)22-25-18-11-16(23(27)28)5-9-19(18)26(22)13-14-3-7-17(24)8-4-14/h3-12H,13H2,1-2H3,(H,27,28). The highest BCUT2D eigenvalue weighted by molar-refractivity contribution is 6.30. The van der Waals surface area contributed by atoms with Gasteiger partial charge in [0.05, 0.1) is 30.8 Å². The highest BCUT2D eigenvalue weighted by atomic mass is 35.5. The van der Waals surface area contributed by atoms with Crippen molar-refractivity contribution in [3.63, 3.8) is 0 Å². The molecule has 0 saturated heterocycles. The number of imidazole rings is 1. The van der Waals surface area contributed by atoms with Crippen molar-refractivity contribution < 1.29 is 19.4 Å².